The Bertz CT molecular complexity index is 397. The second kappa shape index (κ2) is 5.72. The predicted octanol–water partition coefficient (Wildman–Crippen LogP) is 3.14. The molecule has 0 amide bonds. The third-order valence-corrected chi connectivity index (χ3v) is 3.89. The molecular formula is C14H19ClO3. The number of halogens is 1. The number of carbonyl (C=O) groups is 1. The maximum atomic E-state index is 12.1. The lowest BCUT2D eigenvalue weighted by Crippen LogP contribution is -2.54. The summed E-state index contributed by atoms with van der Waals surface area (Å²) in [4.78, 5) is 10.6. The molecule has 1 N–H and O–H groups in total. The summed E-state index contributed by atoms with van der Waals surface area (Å²) in [6, 6.07) is 8.69. The normalized spacial score (nSPS) is 14.9. The minimum absolute atomic E-state index is 0.382. The van der Waals surface area contributed by atoms with Crippen LogP contribution < -0.4 is 4.74 Å². The number of para-hydroxylation sites is 1. The summed E-state index contributed by atoms with van der Waals surface area (Å²) in [6.45, 7) is 5.08. The smallest absolute Gasteiger partial charge is 0.335 e. The second-order valence-corrected chi connectivity index (χ2v) is 5.20. The molecule has 0 aliphatic carbocycles. The zero-order valence-electron chi connectivity index (χ0n) is 10.9. The van der Waals surface area contributed by atoms with E-state index in [1.807, 2.05) is 6.07 Å². The lowest BCUT2D eigenvalue weighted by molar-refractivity contribution is -0.145. The van der Waals surface area contributed by atoms with Crippen LogP contribution in [-0.2, 0) is 4.79 Å². The van der Waals surface area contributed by atoms with Gasteiger partial charge in [0, 0.05) is 0 Å². The Labute approximate surface area is 113 Å². The van der Waals surface area contributed by atoms with Gasteiger partial charge in [-0.15, -0.1) is 11.6 Å². The minimum Gasteiger partial charge on any atom is -0.425 e. The van der Waals surface area contributed by atoms with Crippen molar-refractivity contribution < 1.29 is 14.6 Å². The quantitative estimate of drug-likeness (QED) is 0.508. The summed E-state index contributed by atoms with van der Waals surface area (Å²) in [5.74, 6) is -0.217. The third-order valence-electron chi connectivity index (χ3n) is 3.38. The largest absolute Gasteiger partial charge is 0.425 e. The molecule has 0 fully saturated rings. The summed E-state index contributed by atoms with van der Waals surface area (Å²) >= 11 is 6.22. The van der Waals surface area contributed by atoms with Crippen LogP contribution in [0.25, 0.3) is 0 Å². The lowest BCUT2D eigenvalue weighted by atomic mass is 9.83. The van der Waals surface area contributed by atoms with Crippen LogP contribution in [0.1, 0.15) is 33.6 Å². The van der Waals surface area contributed by atoms with Crippen molar-refractivity contribution in [1.29, 1.82) is 0 Å². The Balaban J connectivity index is 2.89. The van der Waals surface area contributed by atoms with Gasteiger partial charge in [-0.2, -0.15) is 0 Å². The molecule has 0 saturated heterocycles. The average molecular weight is 271 g/mol. The van der Waals surface area contributed by atoms with Crippen LogP contribution in [0.15, 0.2) is 30.3 Å². The topological polar surface area (TPSA) is 46.5 Å². The van der Waals surface area contributed by atoms with Crippen molar-refractivity contribution in [3.63, 3.8) is 0 Å². The molecule has 1 rings (SSSR count). The molecule has 100 valence electrons. The van der Waals surface area contributed by atoms with Crippen LogP contribution in [0.3, 0.4) is 0 Å². The molecule has 18 heavy (non-hydrogen) atoms. The van der Waals surface area contributed by atoms with Gasteiger partial charge in [-0.3, -0.25) is 0 Å². The Hall–Kier alpha value is -1.06. The summed E-state index contributed by atoms with van der Waals surface area (Å²) in [5.41, 5.74) is -1.28. The van der Waals surface area contributed by atoms with Gasteiger partial charge in [0.05, 0.1) is 5.60 Å². The van der Waals surface area contributed by atoms with E-state index in [-0.39, 0.29) is 0 Å². The number of aliphatic hydroxyl groups is 1. The zero-order chi connectivity index (χ0) is 13.8. The van der Waals surface area contributed by atoms with Crippen LogP contribution >= 0.6 is 11.6 Å². The SMILES string of the molecule is CCC(O)(CC)C(C)(Cl)C(=O)Oc1ccccc1. The van der Waals surface area contributed by atoms with Gasteiger partial charge < -0.3 is 9.84 Å². The van der Waals surface area contributed by atoms with E-state index in [4.69, 9.17) is 16.3 Å². The van der Waals surface area contributed by atoms with Crippen LogP contribution in [0.4, 0.5) is 0 Å². The van der Waals surface area contributed by atoms with Gasteiger partial charge >= 0.3 is 5.97 Å². The highest BCUT2D eigenvalue weighted by molar-refractivity contribution is 6.34. The number of rotatable bonds is 5. The molecular weight excluding hydrogens is 252 g/mol. The van der Waals surface area contributed by atoms with Gasteiger partial charge in [-0.1, -0.05) is 32.0 Å². The van der Waals surface area contributed by atoms with E-state index in [1.165, 1.54) is 6.92 Å². The molecule has 0 aromatic heterocycles. The molecule has 0 saturated carbocycles. The molecule has 3 nitrogen and oxygen atoms in total. The van der Waals surface area contributed by atoms with Crippen molar-refractivity contribution in [3.05, 3.63) is 30.3 Å². The molecule has 1 aromatic carbocycles. The summed E-state index contributed by atoms with van der Waals surface area (Å²) in [7, 11) is 0. The molecule has 0 radical (unpaired) electrons. The molecule has 0 heterocycles. The van der Waals surface area contributed by atoms with Crippen LogP contribution in [0, 0.1) is 0 Å². The van der Waals surface area contributed by atoms with Gasteiger partial charge in [0.25, 0.3) is 0 Å². The fourth-order valence-electron chi connectivity index (χ4n) is 1.80. The monoisotopic (exact) mass is 270 g/mol. The number of alkyl halides is 1. The highest BCUT2D eigenvalue weighted by Crippen LogP contribution is 2.36. The number of hydrogen-bond donors (Lipinski definition) is 1. The summed E-state index contributed by atoms with van der Waals surface area (Å²) in [5, 5.41) is 10.4. The Morgan fingerprint density at radius 2 is 1.78 bits per heavy atom. The molecule has 1 aromatic rings. The number of esters is 1. The number of carbonyl (C=O) groups excluding carboxylic acids is 1. The van der Waals surface area contributed by atoms with E-state index in [0.29, 0.717) is 18.6 Å². The van der Waals surface area contributed by atoms with Crippen LogP contribution in [-0.4, -0.2) is 21.6 Å². The molecule has 0 bridgehead atoms. The first-order valence-electron chi connectivity index (χ1n) is 6.06. The molecule has 1 atom stereocenters. The number of ether oxygens (including phenoxy) is 1. The maximum Gasteiger partial charge on any atom is 0.335 e. The predicted molar refractivity (Wildman–Crippen MR) is 71.9 cm³/mol. The Morgan fingerprint density at radius 1 is 1.28 bits per heavy atom. The molecule has 0 spiro atoms. The number of hydrogen-bond acceptors (Lipinski definition) is 3. The van der Waals surface area contributed by atoms with E-state index in [9.17, 15) is 9.90 Å². The first kappa shape index (κ1) is 15.0. The van der Waals surface area contributed by atoms with E-state index in [1.54, 1.807) is 38.1 Å². The summed E-state index contributed by atoms with van der Waals surface area (Å²) in [6.07, 6.45) is 0.765. The zero-order valence-corrected chi connectivity index (χ0v) is 11.7. The molecule has 0 aliphatic rings. The highest BCUT2D eigenvalue weighted by Gasteiger charge is 2.50. The van der Waals surface area contributed by atoms with Gasteiger partial charge in [-0.05, 0) is 31.9 Å². The molecule has 0 aliphatic heterocycles. The van der Waals surface area contributed by atoms with E-state index in [0.717, 1.165) is 0 Å². The van der Waals surface area contributed by atoms with Crippen molar-refractivity contribution in [2.75, 3.05) is 0 Å². The third kappa shape index (κ3) is 2.85. The standard InChI is InChI=1S/C14H19ClO3/c1-4-14(17,5-2)13(3,15)12(16)18-11-9-7-6-8-10-11/h6-10,17H,4-5H2,1-3H3. The van der Waals surface area contributed by atoms with Crippen molar-refractivity contribution in [3.8, 4) is 5.75 Å². The van der Waals surface area contributed by atoms with E-state index < -0.39 is 16.4 Å². The maximum absolute atomic E-state index is 12.1. The lowest BCUT2D eigenvalue weighted by Gasteiger charge is -2.37. The van der Waals surface area contributed by atoms with Gasteiger partial charge in [0.1, 0.15) is 5.75 Å². The molecule has 1 unspecified atom stereocenters. The van der Waals surface area contributed by atoms with Gasteiger partial charge in [-0.25, -0.2) is 4.79 Å². The fourth-order valence-corrected chi connectivity index (χ4v) is 2.10. The Morgan fingerprint density at radius 3 is 2.22 bits per heavy atom. The van der Waals surface area contributed by atoms with Gasteiger partial charge in [0.2, 0.25) is 0 Å². The van der Waals surface area contributed by atoms with Crippen molar-refractivity contribution in [2.45, 2.75) is 44.1 Å². The number of benzene rings is 1. The Kier molecular flexibility index (Phi) is 4.77. The van der Waals surface area contributed by atoms with Crippen LogP contribution in [0.5, 0.6) is 5.75 Å². The van der Waals surface area contributed by atoms with E-state index in [2.05, 4.69) is 0 Å². The van der Waals surface area contributed by atoms with E-state index >= 15 is 0 Å². The van der Waals surface area contributed by atoms with Crippen molar-refractivity contribution >= 4 is 17.6 Å². The molecule has 4 heteroatoms. The second-order valence-electron chi connectivity index (χ2n) is 4.44. The minimum atomic E-state index is -1.47. The fraction of sp³-hybridized carbons (Fsp3) is 0.500. The van der Waals surface area contributed by atoms with Gasteiger partial charge in [0.15, 0.2) is 4.87 Å². The average Bonchev–Trinajstić information content (AvgIpc) is 2.38. The van der Waals surface area contributed by atoms with Crippen molar-refractivity contribution in [1.82, 2.24) is 0 Å². The highest BCUT2D eigenvalue weighted by atomic mass is 35.5. The summed E-state index contributed by atoms with van der Waals surface area (Å²) < 4.78 is 5.20. The first-order valence-corrected chi connectivity index (χ1v) is 6.43. The van der Waals surface area contributed by atoms with Crippen LogP contribution in [0.2, 0.25) is 0 Å². The van der Waals surface area contributed by atoms with Crippen molar-refractivity contribution in [2.24, 2.45) is 0 Å². The first-order chi connectivity index (χ1) is 8.37.